The number of hydrogen-bond acceptors (Lipinski definition) is 4. The van der Waals surface area contributed by atoms with E-state index in [1.165, 1.54) is 7.11 Å². The van der Waals surface area contributed by atoms with Crippen molar-refractivity contribution in [3.63, 3.8) is 0 Å². The second-order valence-electron chi connectivity index (χ2n) is 5.15. The Balaban J connectivity index is 2.00. The fraction of sp³-hybridized carbons (Fsp3) is 0.267. The minimum Gasteiger partial charge on any atom is -0.480 e. The Hall–Kier alpha value is -2.71. The number of H-pyrrole nitrogens is 1. The topological polar surface area (TPSA) is 63.7 Å². The lowest BCUT2D eigenvalue weighted by Crippen LogP contribution is -2.07. The van der Waals surface area contributed by atoms with E-state index in [1.54, 1.807) is 6.92 Å². The number of aromatic nitrogens is 4. The summed E-state index contributed by atoms with van der Waals surface area (Å²) in [7, 11) is 1.38. The van der Waals surface area contributed by atoms with Crippen molar-refractivity contribution in [2.75, 3.05) is 7.11 Å². The van der Waals surface area contributed by atoms with Crippen LogP contribution in [0.25, 0.3) is 11.3 Å². The number of methoxy groups -OCH3 is 1. The number of ether oxygens (including phenoxy) is 1. The quantitative estimate of drug-likeness (QED) is 0.742. The van der Waals surface area contributed by atoms with Gasteiger partial charge in [0.2, 0.25) is 11.5 Å². The Morgan fingerprint density at radius 3 is 2.54 bits per heavy atom. The van der Waals surface area contributed by atoms with E-state index in [4.69, 9.17) is 4.74 Å². The zero-order valence-corrected chi connectivity index (χ0v) is 12.7. The number of hydrogen-bond donors (Lipinski definition) is 1. The van der Waals surface area contributed by atoms with Crippen LogP contribution in [0, 0.1) is 12.7 Å². The van der Waals surface area contributed by atoms with Crippen molar-refractivity contribution in [1.29, 1.82) is 0 Å². The molecule has 1 N–H and O–H groups in total. The van der Waals surface area contributed by atoms with E-state index in [0.717, 1.165) is 12.1 Å². The molecule has 0 aliphatic heterocycles. The van der Waals surface area contributed by atoms with E-state index < -0.39 is 17.6 Å². The molecule has 2 aromatic heterocycles. The fourth-order valence-electron chi connectivity index (χ4n) is 2.29. The molecule has 9 heteroatoms. The second kappa shape index (κ2) is 5.73. The average molecular weight is 340 g/mol. The molecule has 126 valence electrons. The van der Waals surface area contributed by atoms with Crippen LogP contribution in [-0.4, -0.2) is 27.0 Å². The van der Waals surface area contributed by atoms with Gasteiger partial charge in [-0.1, -0.05) is 6.07 Å². The Bertz CT molecular complexity index is 904. The van der Waals surface area contributed by atoms with Crippen molar-refractivity contribution in [2.24, 2.45) is 0 Å². The van der Waals surface area contributed by atoms with Gasteiger partial charge in [-0.3, -0.25) is 0 Å². The van der Waals surface area contributed by atoms with Gasteiger partial charge in [-0.2, -0.15) is 18.2 Å². The first-order valence-electron chi connectivity index (χ1n) is 6.91. The molecule has 0 aliphatic rings. The van der Waals surface area contributed by atoms with Crippen LogP contribution in [0.2, 0.25) is 0 Å². The summed E-state index contributed by atoms with van der Waals surface area (Å²) in [5, 5.41) is 0. The van der Waals surface area contributed by atoms with Gasteiger partial charge in [0.1, 0.15) is 17.3 Å². The molecule has 0 amide bonds. The van der Waals surface area contributed by atoms with E-state index in [2.05, 4.69) is 19.9 Å². The van der Waals surface area contributed by atoms with E-state index in [-0.39, 0.29) is 17.9 Å². The molecule has 0 bridgehead atoms. The van der Waals surface area contributed by atoms with Crippen LogP contribution in [0.1, 0.15) is 22.6 Å². The van der Waals surface area contributed by atoms with Crippen molar-refractivity contribution < 1.29 is 22.3 Å². The lowest BCUT2D eigenvalue weighted by Gasteiger charge is -2.10. The first-order chi connectivity index (χ1) is 11.3. The molecule has 0 atom stereocenters. The van der Waals surface area contributed by atoms with Crippen LogP contribution < -0.4 is 4.74 Å². The summed E-state index contributed by atoms with van der Waals surface area (Å²) in [5.74, 6) is -0.215. The van der Waals surface area contributed by atoms with Crippen LogP contribution in [0.3, 0.4) is 0 Å². The maximum Gasteiger partial charge on any atom is 0.416 e. The summed E-state index contributed by atoms with van der Waals surface area (Å²) in [5.41, 5.74) is 0.0663. The molecular weight excluding hydrogens is 328 g/mol. The highest BCUT2D eigenvalue weighted by atomic mass is 19.4. The van der Waals surface area contributed by atoms with Gasteiger partial charge in [-0.15, -0.1) is 0 Å². The van der Waals surface area contributed by atoms with Gasteiger partial charge < -0.3 is 9.72 Å². The summed E-state index contributed by atoms with van der Waals surface area (Å²) in [6.07, 6.45) is -4.66. The molecule has 1 aromatic carbocycles. The van der Waals surface area contributed by atoms with Crippen molar-refractivity contribution in [3.8, 4) is 5.88 Å². The van der Waals surface area contributed by atoms with Gasteiger partial charge in [0, 0.05) is 6.42 Å². The predicted molar refractivity (Wildman–Crippen MR) is 77.2 cm³/mol. The van der Waals surface area contributed by atoms with Gasteiger partial charge >= 0.3 is 6.18 Å². The first kappa shape index (κ1) is 16.2. The van der Waals surface area contributed by atoms with E-state index >= 15 is 0 Å². The third kappa shape index (κ3) is 3.01. The van der Waals surface area contributed by atoms with Gasteiger partial charge in [0.25, 0.3) is 0 Å². The number of alkyl halides is 3. The summed E-state index contributed by atoms with van der Waals surface area (Å²) in [6, 6.07) is 2.38. The number of nitrogens with zero attached hydrogens (tertiary/aromatic N) is 3. The van der Waals surface area contributed by atoms with Crippen LogP contribution in [0.4, 0.5) is 17.6 Å². The maximum absolute atomic E-state index is 14.0. The zero-order valence-electron chi connectivity index (χ0n) is 12.7. The molecule has 0 spiro atoms. The fourth-order valence-corrected chi connectivity index (χ4v) is 2.29. The van der Waals surface area contributed by atoms with Crippen molar-refractivity contribution in [2.45, 2.75) is 19.5 Å². The molecular formula is C15H12F4N4O. The van der Waals surface area contributed by atoms with Crippen LogP contribution in [-0.2, 0) is 12.6 Å². The van der Waals surface area contributed by atoms with Crippen LogP contribution in [0.5, 0.6) is 5.88 Å². The molecule has 24 heavy (non-hydrogen) atoms. The van der Waals surface area contributed by atoms with Crippen LogP contribution >= 0.6 is 0 Å². The summed E-state index contributed by atoms with van der Waals surface area (Å²) < 4.78 is 56.9. The highest BCUT2D eigenvalue weighted by Crippen LogP contribution is 2.31. The zero-order chi connectivity index (χ0) is 17.5. The third-order valence-electron chi connectivity index (χ3n) is 3.42. The largest absolute Gasteiger partial charge is 0.480 e. The highest BCUT2D eigenvalue weighted by molar-refractivity contribution is 5.66. The molecule has 2 heterocycles. The van der Waals surface area contributed by atoms with Crippen molar-refractivity contribution >= 4 is 11.3 Å². The van der Waals surface area contributed by atoms with E-state index in [0.29, 0.717) is 28.9 Å². The Morgan fingerprint density at radius 2 is 1.92 bits per heavy atom. The Labute approximate surface area is 133 Å². The Kier molecular flexibility index (Phi) is 3.86. The second-order valence-corrected chi connectivity index (χ2v) is 5.15. The molecule has 0 radical (unpaired) electrons. The maximum atomic E-state index is 14.0. The number of aryl methyl sites for hydroxylation is 1. The Morgan fingerprint density at radius 1 is 1.17 bits per heavy atom. The molecule has 0 fully saturated rings. The summed E-state index contributed by atoms with van der Waals surface area (Å²) in [4.78, 5) is 15.5. The monoisotopic (exact) mass is 340 g/mol. The van der Waals surface area contributed by atoms with Crippen LogP contribution in [0.15, 0.2) is 18.2 Å². The normalized spacial score (nSPS) is 11.9. The number of imidazole rings is 1. The van der Waals surface area contributed by atoms with Crippen molar-refractivity contribution in [3.05, 3.63) is 46.7 Å². The standard InChI is InChI=1S/C15H12F4N4O/c1-7-20-12-13(21-7)23-14(24-2)11(22-12)5-8-3-4-9(6-10(8)16)15(17,18)19/h3-4,6H,5H2,1-2H3,(H,20,21,22,23). The predicted octanol–water partition coefficient (Wildman–Crippen LogP) is 3.42. The molecule has 3 rings (SSSR count). The molecule has 0 aliphatic carbocycles. The number of benzene rings is 1. The average Bonchev–Trinajstić information content (AvgIpc) is 2.86. The summed E-state index contributed by atoms with van der Waals surface area (Å²) in [6.45, 7) is 1.73. The minimum absolute atomic E-state index is 0.0613. The lowest BCUT2D eigenvalue weighted by atomic mass is 10.1. The van der Waals surface area contributed by atoms with Gasteiger partial charge in [-0.25, -0.2) is 14.4 Å². The highest BCUT2D eigenvalue weighted by Gasteiger charge is 2.31. The number of nitrogens with one attached hydrogen (secondary N) is 1. The minimum atomic E-state index is -4.59. The molecule has 0 saturated heterocycles. The third-order valence-corrected chi connectivity index (χ3v) is 3.42. The van der Waals surface area contributed by atoms with Crippen molar-refractivity contribution in [1.82, 2.24) is 19.9 Å². The lowest BCUT2D eigenvalue weighted by molar-refractivity contribution is -0.137. The van der Waals surface area contributed by atoms with E-state index in [9.17, 15) is 17.6 Å². The number of aromatic amines is 1. The smallest absolute Gasteiger partial charge is 0.416 e. The molecule has 0 saturated carbocycles. The number of rotatable bonds is 3. The number of fused-ring (bicyclic) bond motifs is 1. The first-order valence-corrected chi connectivity index (χ1v) is 6.91. The van der Waals surface area contributed by atoms with Gasteiger partial charge in [0.15, 0.2) is 5.65 Å². The van der Waals surface area contributed by atoms with Gasteiger partial charge in [-0.05, 0) is 24.6 Å². The molecule has 3 aromatic rings. The molecule has 5 nitrogen and oxygen atoms in total. The summed E-state index contributed by atoms with van der Waals surface area (Å²) >= 11 is 0. The van der Waals surface area contributed by atoms with E-state index in [1.807, 2.05) is 0 Å². The number of halogens is 4. The van der Waals surface area contributed by atoms with Gasteiger partial charge in [0.05, 0.1) is 12.7 Å². The SMILES string of the molecule is COc1nc2nc(C)[nH]c2nc1Cc1ccc(C(F)(F)F)cc1F. The molecule has 0 unspecified atom stereocenters.